The van der Waals surface area contributed by atoms with Crippen molar-refractivity contribution >= 4 is 17.5 Å². The van der Waals surface area contributed by atoms with E-state index in [1.807, 2.05) is 50.2 Å². The van der Waals surface area contributed by atoms with Gasteiger partial charge in [0.1, 0.15) is 17.5 Å². The number of aromatic nitrogens is 3. The first kappa shape index (κ1) is 26.6. The molecule has 5 rings (SSSR count). The van der Waals surface area contributed by atoms with Crippen molar-refractivity contribution in [2.45, 2.75) is 19.9 Å². The Morgan fingerprint density at radius 2 is 1.55 bits per heavy atom. The van der Waals surface area contributed by atoms with Crippen LogP contribution in [0.2, 0.25) is 0 Å². The van der Waals surface area contributed by atoms with Crippen LogP contribution in [-0.4, -0.2) is 49.1 Å². The molecule has 1 aromatic heterocycles. The van der Waals surface area contributed by atoms with E-state index in [4.69, 9.17) is 29.0 Å². The van der Waals surface area contributed by atoms with Gasteiger partial charge in [-0.1, -0.05) is 35.9 Å². The van der Waals surface area contributed by atoms with E-state index >= 15 is 0 Å². The fourth-order valence-corrected chi connectivity index (χ4v) is 4.84. The van der Waals surface area contributed by atoms with E-state index in [9.17, 15) is 4.79 Å². The maximum Gasteiger partial charge on any atom is 0.255 e. The lowest BCUT2D eigenvalue weighted by atomic mass is 9.93. The Balaban J connectivity index is 1.69. The van der Waals surface area contributed by atoms with Crippen molar-refractivity contribution in [1.82, 2.24) is 14.8 Å². The van der Waals surface area contributed by atoms with E-state index in [2.05, 4.69) is 10.6 Å². The molecule has 0 fully saturated rings. The van der Waals surface area contributed by atoms with Gasteiger partial charge in [0.15, 0.2) is 17.3 Å². The quantitative estimate of drug-likeness (QED) is 0.313. The number of carbonyl (C=O) groups excluding carboxylic acids is 1. The molecule has 10 nitrogen and oxygen atoms in total. The van der Waals surface area contributed by atoms with E-state index < -0.39 is 6.04 Å². The van der Waals surface area contributed by atoms with Crippen LogP contribution in [0, 0.1) is 6.92 Å². The minimum Gasteiger partial charge on any atom is -0.496 e. The van der Waals surface area contributed by atoms with Crippen molar-refractivity contribution in [3.8, 4) is 34.4 Å². The summed E-state index contributed by atoms with van der Waals surface area (Å²) in [6, 6.07) is 18.0. The minimum atomic E-state index is -0.716. The lowest BCUT2D eigenvalue weighted by Crippen LogP contribution is -2.32. The molecule has 4 aromatic rings. The van der Waals surface area contributed by atoms with Gasteiger partial charge in [0.05, 0.1) is 39.7 Å². The van der Waals surface area contributed by atoms with Gasteiger partial charge in [0, 0.05) is 22.9 Å². The molecular formula is C30H31N5O5. The molecule has 0 radical (unpaired) electrons. The number of benzene rings is 3. The lowest BCUT2D eigenvalue weighted by Gasteiger charge is -2.30. The molecule has 206 valence electrons. The summed E-state index contributed by atoms with van der Waals surface area (Å²) in [7, 11) is 6.24. The van der Waals surface area contributed by atoms with E-state index in [0.29, 0.717) is 57.3 Å². The zero-order chi connectivity index (χ0) is 28.4. The van der Waals surface area contributed by atoms with Crippen LogP contribution in [0.4, 0.5) is 11.6 Å². The number of carbonyl (C=O) groups is 1. The molecule has 1 atom stereocenters. The maximum absolute atomic E-state index is 14.0. The topological polar surface area (TPSA) is 109 Å². The Kier molecular flexibility index (Phi) is 7.33. The third-order valence-electron chi connectivity index (χ3n) is 6.76. The Morgan fingerprint density at radius 1 is 0.850 bits per heavy atom. The number of fused-ring (bicyclic) bond motifs is 1. The highest BCUT2D eigenvalue weighted by Crippen LogP contribution is 2.44. The number of methoxy groups -OCH3 is 4. The summed E-state index contributed by atoms with van der Waals surface area (Å²) >= 11 is 0. The highest BCUT2D eigenvalue weighted by atomic mass is 16.5. The van der Waals surface area contributed by atoms with Gasteiger partial charge in [-0.05, 0) is 38.1 Å². The number of para-hydroxylation sites is 2. The molecular weight excluding hydrogens is 510 g/mol. The first-order valence-electron chi connectivity index (χ1n) is 12.6. The Hall–Kier alpha value is -4.99. The fourth-order valence-electron chi connectivity index (χ4n) is 4.84. The molecule has 0 bridgehead atoms. The first-order chi connectivity index (χ1) is 19.4. The highest BCUT2D eigenvalue weighted by molar-refractivity contribution is 6.06. The average Bonchev–Trinajstić information content (AvgIpc) is 3.39. The Morgan fingerprint density at radius 3 is 2.25 bits per heavy atom. The lowest BCUT2D eigenvalue weighted by molar-refractivity contribution is -0.113. The number of rotatable bonds is 8. The maximum atomic E-state index is 14.0. The van der Waals surface area contributed by atoms with Crippen LogP contribution in [0.15, 0.2) is 71.9 Å². The SMILES string of the molecule is COc1ccccc1NC(=O)C1=C(C)Nc2nc(-c3cccc(C)c3)nn2C1c1cc(OC)c(OC)cc1OC. The summed E-state index contributed by atoms with van der Waals surface area (Å²) in [5, 5.41) is 11.2. The van der Waals surface area contributed by atoms with Gasteiger partial charge in [-0.15, -0.1) is 5.10 Å². The molecule has 1 unspecified atom stereocenters. The molecule has 1 aliphatic heterocycles. The number of nitrogens with one attached hydrogen (secondary N) is 2. The standard InChI is InChI=1S/C30H31N5O5/c1-17-10-9-11-19(14-17)28-33-30-31-18(2)26(29(36)32-21-12-7-8-13-22(21)37-3)27(35(30)34-28)20-15-24(39-5)25(40-6)16-23(20)38-4/h7-16,27H,1-6H3,(H,32,36)(H,31,33,34). The summed E-state index contributed by atoms with van der Waals surface area (Å²) in [6.45, 7) is 3.85. The largest absolute Gasteiger partial charge is 0.496 e. The van der Waals surface area contributed by atoms with Gasteiger partial charge in [0.25, 0.3) is 5.91 Å². The van der Waals surface area contributed by atoms with Crippen molar-refractivity contribution in [3.63, 3.8) is 0 Å². The monoisotopic (exact) mass is 541 g/mol. The molecule has 1 amide bonds. The molecule has 0 aliphatic carbocycles. The molecule has 0 spiro atoms. The zero-order valence-corrected chi connectivity index (χ0v) is 23.2. The van der Waals surface area contributed by atoms with Crippen molar-refractivity contribution in [1.29, 1.82) is 0 Å². The fraction of sp³-hybridized carbons (Fsp3) is 0.233. The van der Waals surface area contributed by atoms with Gasteiger partial charge >= 0.3 is 0 Å². The Bertz CT molecular complexity index is 1610. The second-order valence-corrected chi connectivity index (χ2v) is 9.24. The van der Waals surface area contributed by atoms with Crippen LogP contribution in [0.5, 0.6) is 23.0 Å². The first-order valence-corrected chi connectivity index (χ1v) is 12.6. The van der Waals surface area contributed by atoms with Crippen LogP contribution in [-0.2, 0) is 4.79 Å². The van der Waals surface area contributed by atoms with E-state index in [-0.39, 0.29) is 5.91 Å². The van der Waals surface area contributed by atoms with Crippen LogP contribution in [0.1, 0.15) is 24.1 Å². The van der Waals surface area contributed by atoms with Crippen molar-refractivity contribution in [2.24, 2.45) is 0 Å². The third-order valence-corrected chi connectivity index (χ3v) is 6.76. The van der Waals surface area contributed by atoms with Gasteiger partial charge in [0.2, 0.25) is 5.95 Å². The number of anilines is 2. The summed E-state index contributed by atoms with van der Waals surface area (Å²) in [6.07, 6.45) is 0. The van der Waals surface area contributed by atoms with Gasteiger partial charge in [-0.3, -0.25) is 4.79 Å². The second kappa shape index (κ2) is 11.0. The number of ether oxygens (including phenoxy) is 4. The van der Waals surface area contributed by atoms with Gasteiger partial charge in [-0.2, -0.15) is 4.98 Å². The van der Waals surface area contributed by atoms with Gasteiger partial charge < -0.3 is 29.6 Å². The normalized spacial score (nSPS) is 14.2. The molecule has 10 heteroatoms. The van der Waals surface area contributed by atoms with Crippen LogP contribution < -0.4 is 29.6 Å². The molecule has 1 aliphatic rings. The van der Waals surface area contributed by atoms with Crippen LogP contribution >= 0.6 is 0 Å². The van der Waals surface area contributed by atoms with Gasteiger partial charge in [-0.25, -0.2) is 4.68 Å². The van der Waals surface area contributed by atoms with E-state index in [0.717, 1.165) is 11.1 Å². The van der Waals surface area contributed by atoms with Crippen LogP contribution in [0.3, 0.4) is 0 Å². The smallest absolute Gasteiger partial charge is 0.255 e. The van der Waals surface area contributed by atoms with E-state index in [1.165, 1.54) is 0 Å². The summed E-state index contributed by atoms with van der Waals surface area (Å²) < 4.78 is 24.1. The predicted octanol–water partition coefficient (Wildman–Crippen LogP) is 5.22. The molecule has 2 heterocycles. The van der Waals surface area contributed by atoms with Crippen molar-refractivity contribution < 1.29 is 23.7 Å². The molecule has 3 aromatic carbocycles. The Labute approximate surface area is 232 Å². The number of aryl methyl sites for hydroxylation is 1. The average molecular weight is 542 g/mol. The highest BCUT2D eigenvalue weighted by Gasteiger charge is 2.37. The summed E-state index contributed by atoms with van der Waals surface area (Å²) in [4.78, 5) is 18.8. The number of amides is 1. The number of hydrogen-bond acceptors (Lipinski definition) is 8. The summed E-state index contributed by atoms with van der Waals surface area (Å²) in [5.41, 5.74) is 4.17. The summed E-state index contributed by atoms with van der Waals surface area (Å²) in [5.74, 6) is 2.70. The molecule has 40 heavy (non-hydrogen) atoms. The molecule has 2 N–H and O–H groups in total. The number of allylic oxidation sites excluding steroid dienone is 1. The predicted molar refractivity (Wildman–Crippen MR) is 152 cm³/mol. The zero-order valence-electron chi connectivity index (χ0n) is 23.2. The van der Waals surface area contributed by atoms with E-state index in [1.54, 1.807) is 57.4 Å². The third kappa shape index (κ3) is 4.79. The second-order valence-electron chi connectivity index (χ2n) is 9.24. The molecule has 0 saturated carbocycles. The molecule has 0 saturated heterocycles. The number of hydrogen-bond donors (Lipinski definition) is 2. The van der Waals surface area contributed by atoms with Crippen LogP contribution in [0.25, 0.3) is 11.4 Å². The minimum absolute atomic E-state index is 0.338. The van der Waals surface area contributed by atoms with Crippen molar-refractivity contribution in [3.05, 3.63) is 83.1 Å². The number of nitrogens with zero attached hydrogens (tertiary/aromatic N) is 3. The van der Waals surface area contributed by atoms with Crippen molar-refractivity contribution in [2.75, 3.05) is 39.1 Å².